The van der Waals surface area contributed by atoms with Gasteiger partial charge in [0.2, 0.25) is 0 Å². The number of nitrogens with zero attached hydrogens (tertiary/aromatic N) is 3. The molecule has 8 heteroatoms. The molecule has 28 heavy (non-hydrogen) atoms. The van der Waals surface area contributed by atoms with Gasteiger partial charge in [0.25, 0.3) is 0 Å². The Hall–Kier alpha value is -2.74. The van der Waals surface area contributed by atoms with E-state index in [0.29, 0.717) is 44.1 Å². The van der Waals surface area contributed by atoms with E-state index < -0.39 is 11.8 Å². The highest BCUT2D eigenvalue weighted by Crippen LogP contribution is 2.31. The van der Waals surface area contributed by atoms with E-state index in [9.17, 15) is 9.18 Å². The zero-order valence-electron chi connectivity index (χ0n) is 16.3. The highest BCUT2D eigenvalue weighted by atomic mass is 19.1. The van der Waals surface area contributed by atoms with Crippen LogP contribution in [0.1, 0.15) is 29.9 Å². The molecule has 0 spiro atoms. The van der Waals surface area contributed by atoms with Crippen LogP contribution in [0, 0.1) is 5.82 Å². The number of hydrogen-bond donors (Lipinski definition) is 0. The lowest BCUT2D eigenvalue weighted by Gasteiger charge is -2.30. The zero-order valence-corrected chi connectivity index (χ0v) is 16.3. The average Bonchev–Trinajstić information content (AvgIpc) is 2.73. The van der Waals surface area contributed by atoms with E-state index in [2.05, 4.69) is 9.97 Å². The Bertz CT molecular complexity index is 854. The second kappa shape index (κ2) is 8.97. The number of benzene rings is 1. The largest absolute Gasteiger partial charge is 0.494 e. The number of anilines is 1. The molecule has 3 rings (SSSR count). The summed E-state index contributed by atoms with van der Waals surface area (Å²) in [5.41, 5.74) is 1.02. The molecule has 150 valence electrons. The van der Waals surface area contributed by atoms with Crippen LogP contribution in [0.4, 0.5) is 10.2 Å². The summed E-state index contributed by atoms with van der Waals surface area (Å²) in [5, 5.41) is 0. The highest BCUT2D eigenvalue weighted by molar-refractivity contribution is 5.91. The quantitative estimate of drug-likeness (QED) is 0.704. The van der Waals surface area contributed by atoms with Gasteiger partial charge in [-0.1, -0.05) is 13.0 Å². The van der Waals surface area contributed by atoms with Crippen molar-refractivity contribution in [2.45, 2.75) is 20.3 Å². The van der Waals surface area contributed by atoms with Gasteiger partial charge in [-0.05, 0) is 25.5 Å². The molecule has 1 fully saturated rings. The van der Waals surface area contributed by atoms with Crippen LogP contribution in [0.3, 0.4) is 0 Å². The number of rotatable bonds is 6. The van der Waals surface area contributed by atoms with Gasteiger partial charge < -0.3 is 19.1 Å². The smallest absolute Gasteiger partial charge is 0.357 e. The van der Waals surface area contributed by atoms with Crippen molar-refractivity contribution in [1.29, 1.82) is 0 Å². The molecule has 0 amide bonds. The molecular formula is C20H24FN3O4. The van der Waals surface area contributed by atoms with Crippen LogP contribution in [0.2, 0.25) is 0 Å². The topological polar surface area (TPSA) is 73.8 Å². The Morgan fingerprint density at radius 1 is 1.25 bits per heavy atom. The van der Waals surface area contributed by atoms with Gasteiger partial charge in [-0.15, -0.1) is 0 Å². The first-order valence-corrected chi connectivity index (χ1v) is 9.34. The molecule has 2 heterocycles. The van der Waals surface area contributed by atoms with Gasteiger partial charge in [0.1, 0.15) is 5.82 Å². The molecule has 0 unspecified atom stereocenters. The predicted molar refractivity (Wildman–Crippen MR) is 102 cm³/mol. The summed E-state index contributed by atoms with van der Waals surface area (Å²) in [7, 11) is 1.40. The number of carbonyl (C=O) groups excluding carboxylic acids is 1. The number of ether oxygens (including phenoxy) is 3. The molecule has 1 saturated heterocycles. The fraction of sp³-hybridized carbons (Fsp3) is 0.450. The Morgan fingerprint density at radius 2 is 2.00 bits per heavy atom. The average molecular weight is 389 g/mol. The molecule has 1 aliphatic rings. The summed E-state index contributed by atoms with van der Waals surface area (Å²) < 4.78 is 30.5. The lowest BCUT2D eigenvalue weighted by atomic mass is 10.1. The van der Waals surface area contributed by atoms with Gasteiger partial charge in [0.05, 0.1) is 32.5 Å². The van der Waals surface area contributed by atoms with E-state index in [1.165, 1.54) is 13.2 Å². The third-order valence-corrected chi connectivity index (χ3v) is 4.54. The van der Waals surface area contributed by atoms with Crippen LogP contribution in [-0.4, -0.2) is 56.0 Å². The standard InChI is InChI=1S/C20H24FN3O4/c1-4-13-17(20(25)28-5-2)22-18(14-7-6-8-15(26-3)16(14)21)23-19(13)24-9-11-27-12-10-24/h6-8H,4-5,9-12H2,1-3H3. The van der Waals surface area contributed by atoms with Gasteiger partial charge in [-0.2, -0.15) is 0 Å². The van der Waals surface area contributed by atoms with Crippen LogP contribution in [0.5, 0.6) is 5.75 Å². The van der Waals surface area contributed by atoms with Crippen LogP contribution < -0.4 is 9.64 Å². The minimum absolute atomic E-state index is 0.0891. The molecule has 0 aliphatic carbocycles. The van der Waals surface area contributed by atoms with Crippen molar-refractivity contribution in [2.75, 3.05) is 44.9 Å². The highest BCUT2D eigenvalue weighted by Gasteiger charge is 2.26. The normalized spacial score (nSPS) is 14.1. The molecule has 0 atom stereocenters. The van der Waals surface area contributed by atoms with E-state index in [1.54, 1.807) is 19.1 Å². The van der Waals surface area contributed by atoms with Gasteiger partial charge in [0, 0.05) is 18.7 Å². The number of halogens is 1. The lowest BCUT2D eigenvalue weighted by Crippen LogP contribution is -2.38. The first-order chi connectivity index (χ1) is 13.6. The van der Waals surface area contributed by atoms with E-state index in [4.69, 9.17) is 14.2 Å². The molecule has 1 aromatic carbocycles. The van der Waals surface area contributed by atoms with Crippen molar-refractivity contribution in [3.8, 4) is 17.1 Å². The van der Waals surface area contributed by atoms with Crippen molar-refractivity contribution < 1.29 is 23.4 Å². The Kier molecular flexibility index (Phi) is 6.41. The van der Waals surface area contributed by atoms with Crippen LogP contribution in [0.25, 0.3) is 11.4 Å². The number of methoxy groups -OCH3 is 1. The first-order valence-electron chi connectivity index (χ1n) is 9.34. The second-order valence-electron chi connectivity index (χ2n) is 6.19. The third-order valence-electron chi connectivity index (χ3n) is 4.54. The van der Waals surface area contributed by atoms with Crippen LogP contribution >= 0.6 is 0 Å². The van der Waals surface area contributed by atoms with Crippen LogP contribution in [-0.2, 0) is 15.9 Å². The van der Waals surface area contributed by atoms with Crippen molar-refractivity contribution in [3.63, 3.8) is 0 Å². The Morgan fingerprint density at radius 3 is 2.64 bits per heavy atom. The number of esters is 1. The summed E-state index contributed by atoms with van der Waals surface area (Å²) in [5.74, 6) is -0.289. The number of carbonyl (C=O) groups is 1. The third kappa shape index (κ3) is 3.91. The summed E-state index contributed by atoms with van der Waals surface area (Å²) in [4.78, 5) is 23.6. The lowest BCUT2D eigenvalue weighted by molar-refractivity contribution is 0.0518. The summed E-state index contributed by atoms with van der Waals surface area (Å²) in [6.07, 6.45) is 0.543. The van der Waals surface area contributed by atoms with E-state index >= 15 is 0 Å². The van der Waals surface area contributed by atoms with E-state index in [-0.39, 0.29) is 29.4 Å². The van der Waals surface area contributed by atoms with Gasteiger partial charge >= 0.3 is 5.97 Å². The number of hydrogen-bond acceptors (Lipinski definition) is 7. The first kappa shape index (κ1) is 20.0. The molecule has 0 N–H and O–H groups in total. The summed E-state index contributed by atoms with van der Waals surface area (Å²) in [6, 6.07) is 4.75. The fourth-order valence-electron chi connectivity index (χ4n) is 3.16. The Labute approximate surface area is 163 Å². The zero-order chi connectivity index (χ0) is 20.1. The van der Waals surface area contributed by atoms with Crippen molar-refractivity contribution in [2.24, 2.45) is 0 Å². The maximum absolute atomic E-state index is 14.8. The van der Waals surface area contributed by atoms with E-state index in [1.807, 2.05) is 11.8 Å². The van der Waals surface area contributed by atoms with Crippen molar-refractivity contribution in [3.05, 3.63) is 35.3 Å². The van der Waals surface area contributed by atoms with Gasteiger partial charge in [0.15, 0.2) is 23.1 Å². The summed E-state index contributed by atoms with van der Waals surface area (Å²) in [6.45, 7) is 6.27. The molecule has 0 bridgehead atoms. The SMILES string of the molecule is CCOC(=O)c1nc(-c2cccc(OC)c2F)nc(N2CCOCC2)c1CC. The minimum Gasteiger partial charge on any atom is -0.494 e. The van der Waals surface area contributed by atoms with Crippen molar-refractivity contribution >= 4 is 11.8 Å². The maximum Gasteiger partial charge on any atom is 0.357 e. The minimum atomic E-state index is -0.572. The maximum atomic E-state index is 14.8. The number of morpholine rings is 1. The predicted octanol–water partition coefficient (Wildman–Crippen LogP) is 2.87. The van der Waals surface area contributed by atoms with Crippen molar-refractivity contribution in [1.82, 2.24) is 9.97 Å². The number of aromatic nitrogens is 2. The monoisotopic (exact) mass is 389 g/mol. The second-order valence-corrected chi connectivity index (χ2v) is 6.19. The molecule has 1 aliphatic heterocycles. The molecule has 0 saturated carbocycles. The molecule has 0 radical (unpaired) electrons. The van der Waals surface area contributed by atoms with Gasteiger partial charge in [-0.3, -0.25) is 0 Å². The van der Waals surface area contributed by atoms with E-state index in [0.717, 1.165) is 0 Å². The molecule has 1 aromatic heterocycles. The van der Waals surface area contributed by atoms with Crippen LogP contribution in [0.15, 0.2) is 18.2 Å². The fourth-order valence-corrected chi connectivity index (χ4v) is 3.16. The molecular weight excluding hydrogens is 365 g/mol. The molecule has 2 aromatic rings. The molecule has 7 nitrogen and oxygen atoms in total. The summed E-state index contributed by atoms with van der Waals surface area (Å²) >= 11 is 0. The van der Waals surface area contributed by atoms with Gasteiger partial charge in [-0.25, -0.2) is 19.2 Å². The Balaban J connectivity index is 2.20.